The molecule has 0 saturated heterocycles. The Morgan fingerprint density at radius 1 is 1.00 bits per heavy atom. The number of ether oxygens (including phenoxy) is 1. The highest BCUT2D eigenvalue weighted by Crippen LogP contribution is 2.38. The third-order valence-electron chi connectivity index (χ3n) is 5.01. The van der Waals surface area contributed by atoms with Crippen LogP contribution in [0.3, 0.4) is 0 Å². The van der Waals surface area contributed by atoms with Gasteiger partial charge in [0.15, 0.2) is 0 Å². The summed E-state index contributed by atoms with van der Waals surface area (Å²) in [5.41, 5.74) is 0. The molecule has 2 heteroatoms. The third-order valence-corrected chi connectivity index (χ3v) is 5.01. The van der Waals surface area contributed by atoms with Crippen molar-refractivity contribution in [2.75, 3.05) is 13.2 Å². The molecule has 0 spiro atoms. The molecule has 0 heterocycles. The molecule has 2 fully saturated rings. The summed E-state index contributed by atoms with van der Waals surface area (Å²) in [6, 6.07) is 0.842. The van der Waals surface area contributed by atoms with Gasteiger partial charge >= 0.3 is 0 Å². The van der Waals surface area contributed by atoms with Gasteiger partial charge in [-0.15, -0.1) is 0 Å². The fraction of sp³-hybridized carbons (Fsp3) is 1.00. The van der Waals surface area contributed by atoms with Gasteiger partial charge in [0.2, 0.25) is 0 Å². The van der Waals surface area contributed by atoms with E-state index in [9.17, 15) is 0 Å². The third kappa shape index (κ3) is 5.07. The van der Waals surface area contributed by atoms with Crippen LogP contribution in [0, 0.1) is 23.7 Å². The van der Waals surface area contributed by atoms with Gasteiger partial charge < -0.3 is 10.1 Å². The normalized spacial score (nSPS) is 32.2. The van der Waals surface area contributed by atoms with Crippen LogP contribution in [-0.4, -0.2) is 25.3 Å². The molecule has 0 radical (unpaired) electrons. The number of nitrogens with one attached hydrogen (secondary N) is 1. The molecule has 0 aromatic carbocycles. The Hall–Kier alpha value is -0.0800. The molecule has 0 bridgehead atoms. The maximum Gasteiger partial charge on any atom is 0.0519 e. The van der Waals surface area contributed by atoms with E-state index in [2.05, 4.69) is 33.0 Å². The van der Waals surface area contributed by atoms with Crippen LogP contribution in [0.2, 0.25) is 0 Å². The first-order valence-corrected chi connectivity index (χ1v) is 8.41. The van der Waals surface area contributed by atoms with Crippen LogP contribution in [0.15, 0.2) is 0 Å². The van der Waals surface area contributed by atoms with E-state index in [1.165, 1.54) is 38.6 Å². The van der Waals surface area contributed by atoms with E-state index in [1.807, 2.05) is 0 Å². The molecule has 19 heavy (non-hydrogen) atoms. The highest BCUT2D eigenvalue weighted by atomic mass is 16.5. The van der Waals surface area contributed by atoms with Gasteiger partial charge in [0.05, 0.1) is 12.7 Å². The Bertz CT molecular complexity index is 260. The summed E-state index contributed by atoms with van der Waals surface area (Å²) in [6.45, 7) is 11.3. The number of rotatable bonds is 7. The SMILES string of the molecule is CC(C)OCC1CC(C(C)C)CCC1CNC1CC1. The molecule has 0 aromatic rings. The van der Waals surface area contributed by atoms with Gasteiger partial charge in [-0.3, -0.25) is 0 Å². The lowest BCUT2D eigenvalue weighted by molar-refractivity contribution is 0.00751. The summed E-state index contributed by atoms with van der Waals surface area (Å²) in [7, 11) is 0. The second kappa shape index (κ2) is 7.08. The Morgan fingerprint density at radius 2 is 1.74 bits per heavy atom. The topological polar surface area (TPSA) is 21.3 Å². The Kier molecular flexibility index (Phi) is 5.70. The van der Waals surface area contributed by atoms with Crippen LogP contribution in [0.4, 0.5) is 0 Å². The summed E-state index contributed by atoms with van der Waals surface area (Å²) >= 11 is 0. The zero-order valence-corrected chi connectivity index (χ0v) is 13.3. The molecule has 2 saturated carbocycles. The maximum absolute atomic E-state index is 5.93. The highest BCUT2D eigenvalue weighted by molar-refractivity contribution is 4.86. The summed E-state index contributed by atoms with van der Waals surface area (Å²) in [5.74, 6) is 3.36. The van der Waals surface area contributed by atoms with Gasteiger partial charge in [-0.2, -0.15) is 0 Å². The minimum absolute atomic E-state index is 0.372. The lowest BCUT2D eigenvalue weighted by Gasteiger charge is -2.38. The highest BCUT2D eigenvalue weighted by Gasteiger charge is 2.33. The van der Waals surface area contributed by atoms with E-state index in [4.69, 9.17) is 4.74 Å². The molecule has 2 aliphatic rings. The summed E-state index contributed by atoms with van der Waals surface area (Å²) < 4.78 is 5.93. The van der Waals surface area contributed by atoms with Crippen LogP contribution in [0.25, 0.3) is 0 Å². The predicted molar refractivity (Wildman–Crippen MR) is 81.3 cm³/mol. The predicted octanol–water partition coefficient (Wildman–Crippen LogP) is 3.85. The second-order valence-electron chi connectivity index (χ2n) is 7.40. The Labute approximate surface area is 119 Å². The number of hydrogen-bond acceptors (Lipinski definition) is 2. The van der Waals surface area contributed by atoms with Gasteiger partial charge in [-0.05, 0) is 76.2 Å². The van der Waals surface area contributed by atoms with Crippen molar-refractivity contribution in [1.29, 1.82) is 0 Å². The first-order valence-electron chi connectivity index (χ1n) is 8.41. The fourth-order valence-corrected chi connectivity index (χ4v) is 3.36. The van der Waals surface area contributed by atoms with Gasteiger partial charge in [-0.1, -0.05) is 13.8 Å². The van der Waals surface area contributed by atoms with Crippen LogP contribution in [-0.2, 0) is 4.74 Å². The smallest absolute Gasteiger partial charge is 0.0519 e. The molecular formula is C17H33NO. The van der Waals surface area contributed by atoms with Crippen LogP contribution < -0.4 is 5.32 Å². The second-order valence-corrected chi connectivity index (χ2v) is 7.40. The molecule has 2 rings (SSSR count). The van der Waals surface area contributed by atoms with Crippen molar-refractivity contribution in [3.8, 4) is 0 Å². The molecule has 112 valence electrons. The zero-order chi connectivity index (χ0) is 13.8. The maximum atomic E-state index is 5.93. The molecule has 0 amide bonds. The van der Waals surface area contributed by atoms with Crippen LogP contribution >= 0.6 is 0 Å². The largest absolute Gasteiger partial charge is 0.378 e. The number of hydrogen-bond donors (Lipinski definition) is 1. The van der Waals surface area contributed by atoms with Gasteiger partial charge in [0.1, 0.15) is 0 Å². The molecule has 2 nitrogen and oxygen atoms in total. The van der Waals surface area contributed by atoms with Crippen molar-refractivity contribution >= 4 is 0 Å². The van der Waals surface area contributed by atoms with Gasteiger partial charge in [-0.25, -0.2) is 0 Å². The lowest BCUT2D eigenvalue weighted by atomic mass is 9.71. The molecule has 3 atom stereocenters. The van der Waals surface area contributed by atoms with Gasteiger partial charge in [0, 0.05) is 6.04 Å². The van der Waals surface area contributed by atoms with E-state index < -0.39 is 0 Å². The van der Waals surface area contributed by atoms with Crippen molar-refractivity contribution in [3.63, 3.8) is 0 Å². The van der Waals surface area contributed by atoms with Crippen LogP contribution in [0.5, 0.6) is 0 Å². The quantitative estimate of drug-likeness (QED) is 0.756. The van der Waals surface area contributed by atoms with Crippen molar-refractivity contribution in [3.05, 3.63) is 0 Å². The van der Waals surface area contributed by atoms with Crippen molar-refractivity contribution in [2.24, 2.45) is 23.7 Å². The molecule has 0 aliphatic heterocycles. The molecular weight excluding hydrogens is 234 g/mol. The zero-order valence-electron chi connectivity index (χ0n) is 13.3. The summed E-state index contributed by atoms with van der Waals surface area (Å²) in [6.07, 6.45) is 7.36. The van der Waals surface area contributed by atoms with Crippen LogP contribution in [0.1, 0.15) is 59.8 Å². The van der Waals surface area contributed by atoms with Gasteiger partial charge in [0.25, 0.3) is 0 Å². The first kappa shape index (κ1) is 15.3. The van der Waals surface area contributed by atoms with E-state index in [1.54, 1.807) is 0 Å². The average molecular weight is 267 g/mol. The molecule has 1 N–H and O–H groups in total. The van der Waals surface area contributed by atoms with E-state index in [0.717, 1.165) is 36.3 Å². The fourth-order valence-electron chi connectivity index (χ4n) is 3.36. The first-order chi connectivity index (χ1) is 9.06. The van der Waals surface area contributed by atoms with E-state index in [-0.39, 0.29) is 0 Å². The molecule has 0 aromatic heterocycles. The van der Waals surface area contributed by atoms with Crippen molar-refractivity contribution < 1.29 is 4.74 Å². The molecule has 2 aliphatic carbocycles. The van der Waals surface area contributed by atoms with Crippen molar-refractivity contribution in [2.45, 2.75) is 71.9 Å². The van der Waals surface area contributed by atoms with Crippen molar-refractivity contribution in [1.82, 2.24) is 5.32 Å². The minimum Gasteiger partial charge on any atom is -0.378 e. The standard InChI is InChI=1S/C17H33NO/c1-12(2)14-5-6-15(10-18-17-7-8-17)16(9-14)11-19-13(3)4/h12-18H,5-11H2,1-4H3. The monoisotopic (exact) mass is 267 g/mol. The minimum atomic E-state index is 0.372. The molecule has 3 unspecified atom stereocenters. The summed E-state index contributed by atoms with van der Waals surface area (Å²) in [4.78, 5) is 0. The Balaban J connectivity index is 1.83. The van der Waals surface area contributed by atoms with E-state index in [0.29, 0.717) is 6.10 Å². The lowest BCUT2D eigenvalue weighted by Crippen LogP contribution is -2.37. The average Bonchev–Trinajstić information content (AvgIpc) is 3.18. The van der Waals surface area contributed by atoms with E-state index >= 15 is 0 Å². The Morgan fingerprint density at radius 3 is 2.32 bits per heavy atom. The summed E-state index contributed by atoms with van der Waals surface area (Å²) in [5, 5.41) is 3.73.